The highest BCUT2D eigenvalue weighted by atomic mass is 32.2. The van der Waals surface area contributed by atoms with Gasteiger partial charge in [0.25, 0.3) is 20.2 Å². The van der Waals surface area contributed by atoms with E-state index in [0.29, 0.717) is 12.8 Å². The Hall–Kier alpha value is -1.94. The third-order valence-corrected chi connectivity index (χ3v) is 10.2. The summed E-state index contributed by atoms with van der Waals surface area (Å²) in [5.41, 5.74) is 1.49. The van der Waals surface area contributed by atoms with Gasteiger partial charge in [0.05, 0.1) is 0 Å². The van der Waals surface area contributed by atoms with Crippen molar-refractivity contribution in [3.8, 4) is 11.5 Å². The van der Waals surface area contributed by atoms with Crippen LogP contribution in [0.2, 0.25) is 0 Å². The van der Waals surface area contributed by atoms with Crippen LogP contribution in [0.3, 0.4) is 0 Å². The van der Waals surface area contributed by atoms with E-state index in [1.807, 2.05) is 0 Å². The summed E-state index contributed by atoms with van der Waals surface area (Å²) in [6.07, 6.45) is 25.2. The Morgan fingerprint density at radius 2 is 0.756 bits per heavy atom. The SMILES string of the molecule is CCCCCCCCCCCCc1ccc(Oc2ccc(CCCCCCCCCCCC)cc2S(=O)(=O)O)c(S(=O)(=O)O)c1. The van der Waals surface area contributed by atoms with Crippen LogP contribution in [0.15, 0.2) is 46.2 Å². The summed E-state index contributed by atoms with van der Waals surface area (Å²) in [5, 5.41) is 0. The Bertz CT molecular complexity index is 1220. The zero-order valence-corrected chi connectivity index (χ0v) is 29.4. The van der Waals surface area contributed by atoms with Crippen LogP contribution in [-0.4, -0.2) is 25.9 Å². The highest BCUT2D eigenvalue weighted by Gasteiger charge is 2.23. The summed E-state index contributed by atoms with van der Waals surface area (Å²) in [5.74, 6) is -0.395. The van der Waals surface area contributed by atoms with E-state index >= 15 is 0 Å². The van der Waals surface area contributed by atoms with Crippen molar-refractivity contribution in [3.05, 3.63) is 47.5 Å². The molecule has 0 aromatic heterocycles. The van der Waals surface area contributed by atoms with Gasteiger partial charge in [0.15, 0.2) is 0 Å². The summed E-state index contributed by atoms with van der Waals surface area (Å²) < 4.78 is 74.6. The molecule has 0 aliphatic rings. The molecule has 9 heteroatoms. The molecule has 0 saturated carbocycles. The molecule has 2 rings (SSSR count). The van der Waals surface area contributed by atoms with Crippen LogP contribution >= 0.6 is 0 Å². The second-order valence-corrected chi connectivity index (χ2v) is 15.3. The van der Waals surface area contributed by atoms with Crippen LogP contribution in [0.5, 0.6) is 11.5 Å². The van der Waals surface area contributed by atoms with Crippen molar-refractivity contribution in [2.24, 2.45) is 0 Å². The molecule has 7 nitrogen and oxygen atoms in total. The van der Waals surface area contributed by atoms with E-state index in [1.54, 1.807) is 12.1 Å². The minimum atomic E-state index is -4.65. The molecule has 0 aliphatic carbocycles. The third kappa shape index (κ3) is 16.4. The highest BCUT2D eigenvalue weighted by Crippen LogP contribution is 2.34. The van der Waals surface area contributed by atoms with Gasteiger partial charge in [-0.05, 0) is 61.1 Å². The molecule has 0 atom stereocenters. The van der Waals surface area contributed by atoms with Crippen LogP contribution in [0, 0.1) is 0 Å². The molecule has 2 aromatic rings. The van der Waals surface area contributed by atoms with Crippen molar-refractivity contribution in [1.29, 1.82) is 0 Å². The average Bonchev–Trinajstić information content (AvgIpc) is 2.99. The van der Waals surface area contributed by atoms with Crippen molar-refractivity contribution in [3.63, 3.8) is 0 Å². The fourth-order valence-corrected chi connectivity index (χ4v) is 7.07. The van der Waals surface area contributed by atoms with Gasteiger partial charge in [-0.1, -0.05) is 142 Å². The molecular weight excluding hydrogens is 609 g/mol. The number of aryl methyl sites for hydroxylation is 2. The van der Waals surface area contributed by atoms with Gasteiger partial charge in [0.1, 0.15) is 21.3 Å². The first-order chi connectivity index (χ1) is 21.6. The third-order valence-electron chi connectivity index (χ3n) is 8.43. The van der Waals surface area contributed by atoms with E-state index in [4.69, 9.17) is 4.74 Å². The number of hydrogen-bond acceptors (Lipinski definition) is 5. The molecule has 0 radical (unpaired) electrons. The van der Waals surface area contributed by atoms with E-state index in [2.05, 4.69) is 13.8 Å². The highest BCUT2D eigenvalue weighted by molar-refractivity contribution is 7.86. The van der Waals surface area contributed by atoms with Gasteiger partial charge in [0.2, 0.25) is 0 Å². The molecule has 0 saturated heterocycles. The lowest BCUT2D eigenvalue weighted by Gasteiger charge is -2.14. The fourth-order valence-electron chi connectivity index (χ4n) is 5.74. The summed E-state index contributed by atoms with van der Waals surface area (Å²) >= 11 is 0. The number of benzene rings is 2. The van der Waals surface area contributed by atoms with Crippen molar-refractivity contribution in [2.45, 2.75) is 165 Å². The predicted molar refractivity (Wildman–Crippen MR) is 184 cm³/mol. The topological polar surface area (TPSA) is 118 Å². The Labute approximate surface area is 274 Å². The van der Waals surface area contributed by atoms with Gasteiger partial charge in [-0.15, -0.1) is 0 Å². The van der Waals surface area contributed by atoms with Crippen LogP contribution < -0.4 is 4.74 Å². The minimum Gasteiger partial charge on any atom is -0.454 e. The standard InChI is InChI=1S/C36H58O7S2/c1-3-5-7-9-11-13-15-17-19-21-23-31-25-27-33(35(29-31)44(37,38)39)43-34-28-26-32(30-36(34)45(40,41)42)24-22-20-18-16-14-12-10-8-6-4-2/h25-30H,3-24H2,1-2H3,(H,37,38,39)(H,40,41,42). The summed E-state index contributed by atoms with van der Waals surface area (Å²) in [6.45, 7) is 4.44. The lowest BCUT2D eigenvalue weighted by Crippen LogP contribution is -2.06. The Kier molecular flexibility index (Phi) is 19.0. The maximum Gasteiger partial charge on any atom is 0.298 e. The molecule has 0 amide bonds. The van der Waals surface area contributed by atoms with Crippen molar-refractivity contribution >= 4 is 20.2 Å². The lowest BCUT2D eigenvalue weighted by molar-refractivity contribution is 0.433. The molecule has 0 fully saturated rings. The fraction of sp³-hybridized carbons (Fsp3) is 0.667. The van der Waals surface area contributed by atoms with E-state index in [-0.39, 0.29) is 11.5 Å². The molecule has 256 valence electrons. The maximum atomic E-state index is 12.3. The molecular formula is C36H58O7S2. The molecule has 0 bridgehead atoms. The first-order valence-electron chi connectivity index (χ1n) is 17.4. The zero-order chi connectivity index (χ0) is 33.0. The monoisotopic (exact) mass is 666 g/mol. The van der Waals surface area contributed by atoms with Gasteiger partial charge in [-0.2, -0.15) is 16.8 Å². The second kappa shape index (κ2) is 21.8. The van der Waals surface area contributed by atoms with Gasteiger partial charge in [-0.3, -0.25) is 9.11 Å². The van der Waals surface area contributed by atoms with E-state index in [9.17, 15) is 25.9 Å². The van der Waals surface area contributed by atoms with Crippen LogP contribution in [0.1, 0.15) is 153 Å². The molecule has 0 aliphatic heterocycles. The van der Waals surface area contributed by atoms with Crippen molar-refractivity contribution in [2.75, 3.05) is 0 Å². The first-order valence-corrected chi connectivity index (χ1v) is 20.3. The van der Waals surface area contributed by atoms with Gasteiger partial charge in [-0.25, -0.2) is 0 Å². The van der Waals surface area contributed by atoms with Gasteiger partial charge < -0.3 is 4.74 Å². The molecule has 2 N–H and O–H groups in total. The lowest BCUT2D eigenvalue weighted by atomic mass is 10.0. The maximum absolute atomic E-state index is 12.3. The normalized spacial score (nSPS) is 12.1. The van der Waals surface area contributed by atoms with Crippen molar-refractivity contribution < 1.29 is 30.7 Å². The Balaban J connectivity index is 1.95. The molecule has 0 spiro atoms. The average molecular weight is 667 g/mol. The zero-order valence-electron chi connectivity index (χ0n) is 27.8. The quantitative estimate of drug-likeness (QED) is 0.0757. The van der Waals surface area contributed by atoms with Crippen molar-refractivity contribution in [1.82, 2.24) is 0 Å². The second-order valence-electron chi connectivity index (χ2n) is 12.5. The first kappa shape index (κ1) is 39.2. The van der Waals surface area contributed by atoms with Crippen LogP contribution in [-0.2, 0) is 33.1 Å². The van der Waals surface area contributed by atoms with E-state index in [0.717, 1.165) is 49.7 Å². The van der Waals surface area contributed by atoms with E-state index in [1.165, 1.54) is 114 Å². The van der Waals surface area contributed by atoms with Gasteiger partial charge in [0, 0.05) is 0 Å². The minimum absolute atomic E-state index is 0.198. The summed E-state index contributed by atoms with van der Waals surface area (Å²) in [6, 6.07) is 9.07. The number of ether oxygens (including phenoxy) is 1. The smallest absolute Gasteiger partial charge is 0.298 e. The summed E-state index contributed by atoms with van der Waals surface area (Å²) in [7, 11) is -9.30. The summed E-state index contributed by atoms with van der Waals surface area (Å²) in [4.78, 5) is -0.856. The number of hydrogen-bond donors (Lipinski definition) is 2. The Morgan fingerprint density at radius 1 is 0.467 bits per heavy atom. The molecule has 0 heterocycles. The number of unbranched alkanes of at least 4 members (excludes halogenated alkanes) is 18. The molecule has 45 heavy (non-hydrogen) atoms. The number of rotatable bonds is 26. The van der Waals surface area contributed by atoms with E-state index < -0.39 is 30.0 Å². The van der Waals surface area contributed by atoms with Crippen LogP contribution in [0.4, 0.5) is 0 Å². The Morgan fingerprint density at radius 3 is 1.04 bits per heavy atom. The molecule has 2 aromatic carbocycles. The largest absolute Gasteiger partial charge is 0.454 e. The molecule has 0 unspecified atom stereocenters. The van der Waals surface area contributed by atoms with Gasteiger partial charge >= 0.3 is 0 Å². The van der Waals surface area contributed by atoms with Crippen LogP contribution in [0.25, 0.3) is 0 Å². The predicted octanol–water partition coefficient (Wildman–Crippen LogP) is 10.9.